The van der Waals surface area contributed by atoms with Crippen LogP contribution in [0, 0.1) is 0 Å². The van der Waals surface area contributed by atoms with Gasteiger partial charge in [0.2, 0.25) is 0 Å². The molecule has 0 aliphatic heterocycles. The van der Waals surface area contributed by atoms with E-state index in [1.54, 1.807) is 0 Å². The molecule has 0 aliphatic rings. The molecule has 0 aliphatic carbocycles. The van der Waals surface area contributed by atoms with Crippen molar-refractivity contribution in [3.05, 3.63) is 69.7 Å². The molecule has 0 fully saturated rings. The maximum atomic E-state index is 11.9. The Hall–Kier alpha value is -1.87. The fraction of sp³-hybridized carbons (Fsp3) is 0.250. The summed E-state index contributed by atoms with van der Waals surface area (Å²) < 4.78 is 6.32. The van der Waals surface area contributed by atoms with Gasteiger partial charge in [-0.15, -0.1) is 0 Å². The number of carbonyl (C=O) groups excluding carboxylic acids is 1. The highest BCUT2D eigenvalue weighted by Crippen LogP contribution is 2.14. The van der Waals surface area contributed by atoms with Crippen LogP contribution in [-0.4, -0.2) is 12.6 Å². The largest absolute Gasteiger partial charge is 0.462 e. The summed E-state index contributed by atoms with van der Waals surface area (Å²) in [7, 11) is 0. The van der Waals surface area contributed by atoms with Crippen LogP contribution in [0.5, 0.6) is 0 Å². The molecule has 0 heterocycles. The molecule has 0 unspecified atom stereocenters. The maximum Gasteiger partial charge on any atom is 0.338 e. The van der Waals surface area contributed by atoms with E-state index in [0.29, 0.717) is 12.2 Å². The molecule has 0 aromatic heterocycles. The average molecular weight is 373 g/mol. The quantitative estimate of drug-likeness (QED) is 0.340. The molecule has 3 heteroatoms. The third kappa shape index (κ3) is 6.03. The Morgan fingerprint density at radius 1 is 0.957 bits per heavy atom. The predicted molar refractivity (Wildman–Crippen MR) is 99.3 cm³/mol. The van der Waals surface area contributed by atoms with Crippen molar-refractivity contribution in [3.8, 4) is 0 Å². The van der Waals surface area contributed by atoms with Crippen LogP contribution in [0.3, 0.4) is 0 Å². The Balaban J connectivity index is 1.91. The van der Waals surface area contributed by atoms with E-state index in [9.17, 15) is 4.79 Å². The number of rotatable bonds is 7. The van der Waals surface area contributed by atoms with Crippen LogP contribution in [0.25, 0.3) is 12.2 Å². The van der Waals surface area contributed by atoms with Crippen molar-refractivity contribution in [1.82, 2.24) is 0 Å². The molecule has 2 nitrogen and oxygen atoms in total. The molecule has 0 N–H and O–H groups in total. The predicted octanol–water partition coefficient (Wildman–Crippen LogP) is 5.97. The molecule has 2 aromatic carbocycles. The van der Waals surface area contributed by atoms with Gasteiger partial charge in [-0.3, -0.25) is 0 Å². The zero-order valence-corrected chi connectivity index (χ0v) is 14.9. The number of hydrogen-bond donors (Lipinski definition) is 0. The lowest BCUT2D eigenvalue weighted by atomic mass is 10.1. The second kappa shape index (κ2) is 9.31. The Morgan fingerprint density at radius 2 is 1.52 bits per heavy atom. The van der Waals surface area contributed by atoms with Crippen molar-refractivity contribution in [1.29, 1.82) is 0 Å². The highest BCUT2D eigenvalue weighted by atomic mass is 79.9. The van der Waals surface area contributed by atoms with Crippen LogP contribution in [0.2, 0.25) is 0 Å². The molecular weight excluding hydrogens is 352 g/mol. The number of halogens is 1. The molecule has 0 atom stereocenters. The minimum atomic E-state index is -0.246. The highest BCUT2D eigenvalue weighted by molar-refractivity contribution is 9.10. The highest BCUT2D eigenvalue weighted by Gasteiger charge is 2.05. The van der Waals surface area contributed by atoms with Gasteiger partial charge in [-0.25, -0.2) is 4.79 Å². The van der Waals surface area contributed by atoms with Gasteiger partial charge < -0.3 is 4.74 Å². The molecule has 0 bridgehead atoms. The van der Waals surface area contributed by atoms with Gasteiger partial charge >= 0.3 is 5.97 Å². The number of esters is 1. The Kier molecular flexibility index (Phi) is 7.08. The lowest BCUT2D eigenvalue weighted by Gasteiger charge is -2.04. The average Bonchev–Trinajstić information content (AvgIpc) is 2.58. The number of carbonyl (C=O) groups is 1. The molecule has 120 valence electrons. The second-order valence-electron chi connectivity index (χ2n) is 5.35. The number of ether oxygens (including phenoxy) is 1. The van der Waals surface area contributed by atoms with Crippen LogP contribution >= 0.6 is 15.9 Å². The molecule has 0 saturated heterocycles. The first-order chi connectivity index (χ1) is 11.2. The van der Waals surface area contributed by atoms with Crippen molar-refractivity contribution >= 4 is 34.1 Å². The molecule has 23 heavy (non-hydrogen) atoms. The smallest absolute Gasteiger partial charge is 0.338 e. The summed E-state index contributed by atoms with van der Waals surface area (Å²) in [5.74, 6) is -0.246. The fourth-order valence-corrected chi connectivity index (χ4v) is 2.36. The molecule has 0 spiro atoms. The molecule has 2 aromatic rings. The number of benzene rings is 2. The molecule has 0 saturated carbocycles. The van der Waals surface area contributed by atoms with E-state index in [4.69, 9.17) is 4.74 Å². The van der Waals surface area contributed by atoms with Crippen molar-refractivity contribution in [2.45, 2.75) is 26.2 Å². The standard InChI is InChI=1S/C20H21BrO2/c1-2-3-4-15-23-20(22)18-11-7-16(8-12-18)5-6-17-9-13-19(21)14-10-17/h5-14H,2-4,15H2,1H3/b6-5+. The zero-order valence-electron chi connectivity index (χ0n) is 13.3. The second-order valence-corrected chi connectivity index (χ2v) is 6.27. The molecular formula is C20H21BrO2. The van der Waals surface area contributed by atoms with Crippen LogP contribution in [0.4, 0.5) is 0 Å². The van der Waals surface area contributed by atoms with Gasteiger partial charge in [0.25, 0.3) is 0 Å². The van der Waals surface area contributed by atoms with Crippen molar-refractivity contribution in [3.63, 3.8) is 0 Å². The SMILES string of the molecule is CCCCCOC(=O)c1ccc(/C=C/c2ccc(Br)cc2)cc1. The summed E-state index contributed by atoms with van der Waals surface area (Å²) in [6.45, 7) is 2.63. The van der Waals surface area contributed by atoms with E-state index in [1.807, 2.05) is 60.7 Å². The minimum Gasteiger partial charge on any atom is -0.462 e. The van der Waals surface area contributed by atoms with Crippen molar-refractivity contribution in [2.75, 3.05) is 6.61 Å². The van der Waals surface area contributed by atoms with E-state index in [-0.39, 0.29) is 5.97 Å². The Morgan fingerprint density at radius 3 is 2.09 bits per heavy atom. The Bertz CT molecular complexity index is 642. The van der Waals surface area contributed by atoms with Crippen LogP contribution < -0.4 is 0 Å². The van der Waals surface area contributed by atoms with Gasteiger partial charge in [-0.05, 0) is 41.8 Å². The van der Waals surface area contributed by atoms with Gasteiger partial charge in [-0.1, -0.05) is 72.1 Å². The summed E-state index contributed by atoms with van der Waals surface area (Å²) in [5.41, 5.74) is 2.78. The third-order valence-corrected chi connectivity index (χ3v) is 3.99. The first kappa shape index (κ1) is 17.5. The molecule has 0 radical (unpaired) electrons. The maximum absolute atomic E-state index is 11.9. The summed E-state index contributed by atoms with van der Waals surface area (Å²) in [4.78, 5) is 11.9. The Labute approximate surface area is 146 Å². The van der Waals surface area contributed by atoms with Gasteiger partial charge in [0.05, 0.1) is 12.2 Å². The van der Waals surface area contributed by atoms with E-state index in [1.165, 1.54) is 0 Å². The van der Waals surface area contributed by atoms with E-state index >= 15 is 0 Å². The summed E-state index contributed by atoms with van der Waals surface area (Å²) in [6, 6.07) is 15.6. The van der Waals surface area contributed by atoms with Crippen molar-refractivity contribution < 1.29 is 9.53 Å². The fourth-order valence-electron chi connectivity index (χ4n) is 2.10. The van der Waals surface area contributed by atoms with Crippen LogP contribution in [0.15, 0.2) is 53.0 Å². The monoisotopic (exact) mass is 372 g/mol. The van der Waals surface area contributed by atoms with E-state index in [0.717, 1.165) is 34.9 Å². The van der Waals surface area contributed by atoms with E-state index < -0.39 is 0 Å². The van der Waals surface area contributed by atoms with Gasteiger partial charge in [0.15, 0.2) is 0 Å². The topological polar surface area (TPSA) is 26.3 Å². The minimum absolute atomic E-state index is 0.246. The van der Waals surface area contributed by atoms with Crippen molar-refractivity contribution in [2.24, 2.45) is 0 Å². The lowest BCUT2D eigenvalue weighted by Crippen LogP contribution is -2.06. The summed E-state index contributed by atoms with van der Waals surface area (Å²) >= 11 is 3.42. The normalized spacial score (nSPS) is 10.9. The zero-order chi connectivity index (χ0) is 16.5. The van der Waals surface area contributed by atoms with Gasteiger partial charge in [0, 0.05) is 4.47 Å². The van der Waals surface area contributed by atoms with Crippen LogP contribution in [0.1, 0.15) is 47.7 Å². The van der Waals surface area contributed by atoms with Gasteiger partial charge in [-0.2, -0.15) is 0 Å². The molecule has 2 rings (SSSR count). The molecule has 0 amide bonds. The first-order valence-corrected chi connectivity index (χ1v) is 8.69. The van der Waals surface area contributed by atoms with Gasteiger partial charge in [0.1, 0.15) is 0 Å². The summed E-state index contributed by atoms with van der Waals surface area (Å²) in [5, 5.41) is 0. The first-order valence-electron chi connectivity index (χ1n) is 7.90. The number of hydrogen-bond acceptors (Lipinski definition) is 2. The van der Waals surface area contributed by atoms with Crippen LogP contribution in [-0.2, 0) is 4.74 Å². The third-order valence-electron chi connectivity index (χ3n) is 3.47. The van der Waals surface area contributed by atoms with E-state index in [2.05, 4.69) is 22.9 Å². The lowest BCUT2D eigenvalue weighted by molar-refractivity contribution is 0.0498. The number of unbranched alkanes of at least 4 members (excludes halogenated alkanes) is 2. The summed E-state index contributed by atoms with van der Waals surface area (Å²) in [6.07, 6.45) is 7.21.